The average molecular weight is 232 g/mol. The standard InChI is InChI=1S/C11H12N4O2/c1-2-15-6-5-9(14-15)13-11(17)8-3-4-10(16)12-7-8/h3-7H,2H2,1H3,(H,12,16)(H,13,14,17). The number of H-pyrrole nitrogens is 1. The van der Waals surface area contributed by atoms with Crippen LogP contribution < -0.4 is 10.9 Å². The lowest BCUT2D eigenvalue weighted by Gasteiger charge is -2.01. The molecular weight excluding hydrogens is 220 g/mol. The van der Waals surface area contributed by atoms with E-state index >= 15 is 0 Å². The molecule has 2 rings (SSSR count). The Morgan fingerprint density at radius 1 is 1.47 bits per heavy atom. The number of anilines is 1. The SMILES string of the molecule is CCn1ccc(NC(=O)c2ccc(=O)[nH]c2)n1. The van der Waals surface area contributed by atoms with E-state index in [1.54, 1.807) is 16.9 Å². The zero-order chi connectivity index (χ0) is 12.3. The summed E-state index contributed by atoms with van der Waals surface area (Å²) in [6, 6.07) is 4.48. The second kappa shape index (κ2) is 4.65. The van der Waals surface area contributed by atoms with Crippen molar-refractivity contribution >= 4 is 11.7 Å². The van der Waals surface area contributed by atoms with Crippen LogP contribution in [0.25, 0.3) is 0 Å². The number of aryl methyl sites for hydroxylation is 1. The van der Waals surface area contributed by atoms with Crippen molar-refractivity contribution in [1.29, 1.82) is 0 Å². The van der Waals surface area contributed by atoms with E-state index in [1.807, 2.05) is 6.92 Å². The van der Waals surface area contributed by atoms with Crippen LogP contribution in [0.3, 0.4) is 0 Å². The van der Waals surface area contributed by atoms with Crippen LogP contribution in [0.1, 0.15) is 17.3 Å². The second-order valence-corrected chi connectivity index (χ2v) is 3.45. The Labute approximate surface area is 97.3 Å². The highest BCUT2D eigenvalue weighted by Crippen LogP contribution is 2.05. The van der Waals surface area contributed by atoms with Crippen LogP contribution in [0.5, 0.6) is 0 Å². The Morgan fingerprint density at radius 2 is 2.29 bits per heavy atom. The largest absolute Gasteiger partial charge is 0.328 e. The van der Waals surface area contributed by atoms with Gasteiger partial charge in [-0.15, -0.1) is 0 Å². The number of aromatic nitrogens is 3. The van der Waals surface area contributed by atoms with E-state index in [0.717, 1.165) is 6.54 Å². The normalized spacial score (nSPS) is 10.2. The molecule has 0 unspecified atom stereocenters. The zero-order valence-corrected chi connectivity index (χ0v) is 9.30. The van der Waals surface area contributed by atoms with Crippen molar-refractivity contribution in [3.63, 3.8) is 0 Å². The van der Waals surface area contributed by atoms with Crippen molar-refractivity contribution in [3.05, 3.63) is 46.5 Å². The van der Waals surface area contributed by atoms with Gasteiger partial charge in [0.25, 0.3) is 5.91 Å². The fourth-order valence-corrected chi connectivity index (χ4v) is 1.34. The van der Waals surface area contributed by atoms with E-state index in [0.29, 0.717) is 11.4 Å². The smallest absolute Gasteiger partial charge is 0.258 e. The average Bonchev–Trinajstić information content (AvgIpc) is 2.77. The van der Waals surface area contributed by atoms with E-state index in [1.165, 1.54) is 18.3 Å². The number of hydrogen-bond donors (Lipinski definition) is 2. The molecule has 2 heterocycles. The van der Waals surface area contributed by atoms with Gasteiger partial charge in [0.15, 0.2) is 5.82 Å². The first-order valence-corrected chi connectivity index (χ1v) is 5.22. The number of rotatable bonds is 3. The minimum Gasteiger partial charge on any atom is -0.328 e. The molecule has 0 saturated heterocycles. The van der Waals surface area contributed by atoms with Crippen molar-refractivity contribution < 1.29 is 4.79 Å². The predicted molar refractivity (Wildman–Crippen MR) is 62.9 cm³/mol. The summed E-state index contributed by atoms with van der Waals surface area (Å²) in [5.41, 5.74) is 0.146. The van der Waals surface area contributed by atoms with Crippen molar-refractivity contribution in [2.75, 3.05) is 5.32 Å². The Bertz CT molecular complexity index is 565. The maximum Gasteiger partial charge on any atom is 0.258 e. The molecule has 0 radical (unpaired) electrons. The highest BCUT2D eigenvalue weighted by molar-refractivity contribution is 6.03. The van der Waals surface area contributed by atoms with Crippen molar-refractivity contribution in [2.45, 2.75) is 13.5 Å². The molecule has 0 aliphatic carbocycles. The summed E-state index contributed by atoms with van der Waals surface area (Å²) in [5.74, 6) is 0.186. The highest BCUT2D eigenvalue weighted by Gasteiger charge is 2.07. The van der Waals surface area contributed by atoms with E-state index in [2.05, 4.69) is 15.4 Å². The first-order chi connectivity index (χ1) is 8.19. The van der Waals surface area contributed by atoms with Gasteiger partial charge in [0.1, 0.15) is 0 Å². The molecule has 0 aliphatic rings. The lowest BCUT2D eigenvalue weighted by atomic mass is 10.3. The topological polar surface area (TPSA) is 79.8 Å². The van der Waals surface area contributed by atoms with Crippen LogP contribution in [0.2, 0.25) is 0 Å². The molecular formula is C11H12N4O2. The van der Waals surface area contributed by atoms with Gasteiger partial charge in [0, 0.05) is 31.1 Å². The lowest BCUT2D eigenvalue weighted by molar-refractivity contribution is 0.102. The fourth-order valence-electron chi connectivity index (χ4n) is 1.34. The summed E-state index contributed by atoms with van der Waals surface area (Å²) >= 11 is 0. The highest BCUT2D eigenvalue weighted by atomic mass is 16.2. The number of aromatic amines is 1. The summed E-state index contributed by atoms with van der Waals surface area (Å²) < 4.78 is 1.71. The summed E-state index contributed by atoms with van der Waals surface area (Å²) in [7, 11) is 0. The van der Waals surface area contributed by atoms with Gasteiger partial charge >= 0.3 is 0 Å². The van der Waals surface area contributed by atoms with E-state index in [-0.39, 0.29) is 11.5 Å². The maximum atomic E-state index is 11.7. The van der Waals surface area contributed by atoms with Crippen molar-refractivity contribution in [1.82, 2.24) is 14.8 Å². The van der Waals surface area contributed by atoms with E-state index in [9.17, 15) is 9.59 Å². The van der Waals surface area contributed by atoms with E-state index < -0.39 is 0 Å². The molecule has 17 heavy (non-hydrogen) atoms. The summed E-state index contributed by atoms with van der Waals surface area (Å²) in [6.07, 6.45) is 3.15. The van der Waals surface area contributed by atoms with Crippen LogP contribution in [0.15, 0.2) is 35.4 Å². The molecule has 6 heteroatoms. The molecule has 2 aromatic heterocycles. The molecule has 0 aromatic carbocycles. The number of pyridine rings is 1. The molecule has 1 amide bonds. The van der Waals surface area contributed by atoms with Gasteiger partial charge in [-0.25, -0.2) is 0 Å². The third-order valence-corrected chi connectivity index (χ3v) is 2.25. The van der Waals surface area contributed by atoms with Gasteiger partial charge in [-0.1, -0.05) is 0 Å². The summed E-state index contributed by atoms with van der Waals surface area (Å²) in [4.78, 5) is 25.0. The first kappa shape index (κ1) is 11.1. The molecule has 0 atom stereocenters. The quantitative estimate of drug-likeness (QED) is 0.823. The number of carbonyl (C=O) groups is 1. The molecule has 0 fully saturated rings. The van der Waals surface area contributed by atoms with Gasteiger partial charge in [0.05, 0.1) is 5.56 Å². The predicted octanol–water partition coefficient (Wildman–Crippen LogP) is 0.844. The van der Waals surface area contributed by atoms with Crippen LogP contribution >= 0.6 is 0 Å². The third kappa shape index (κ3) is 2.60. The van der Waals surface area contributed by atoms with Crippen LogP contribution in [-0.2, 0) is 6.54 Å². The third-order valence-electron chi connectivity index (χ3n) is 2.25. The second-order valence-electron chi connectivity index (χ2n) is 3.45. The van der Waals surface area contributed by atoms with Crippen LogP contribution in [0, 0.1) is 0 Å². The van der Waals surface area contributed by atoms with Crippen molar-refractivity contribution in [3.8, 4) is 0 Å². The number of hydrogen-bond acceptors (Lipinski definition) is 3. The monoisotopic (exact) mass is 232 g/mol. The van der Waals surface area contributed by atoms with Gasteiger partial charge in [0.2, 0.25) is 5.56 Å². The Hall–Kier alpha value is -2.37. The summed E-state index contributed by atoms with van der Waals surface area (Å²) in [6.45, 7) is 2.70. The zero-order valence-electron chi connectivity index (χ0n) is 9.30. The first-order valence-electron chi connectivity index (χ1n) is 5.22. The maximum absolute atomic E-state index is 11.7. The minimum absolute atomic E-state index is 0.239. The fraction of sp³-hybridized carbons (Fsp3) is 0.182. The molecule has 0 spiro atoms. The molecule has 88 valence electrons. The molecule has 2 N–H and O–H groups in total. The van der Waals surface area contributed by atoms with Crippen LogP contribution in [-0.4, -0.2) is 20.7 Å². The van der Waals surface area contributed by atoms with Crippen LogP contribution in [0.4, 0.5) is 5.82 Å². The number of nitrogens with one attached hydrogen (secondary N) is 2. The Morgan fingerprint density at radius 3 is 2.88 bits per heavy atom. The van der Waals surface area contributed by atoms with Crippen molar-refractivity contribution in [2.24, 2.45) is 0 Å². The molecule has 0 bridgehead atoms. The molecule has 6 nitrogen and oxygen atoms in total. The van der Waals surface area contributed by atoms with Gasteiger partial charge < -0.3 is 10.3 Å². The van der Waals surface area contributed by atoms with Gasteiger partial charge in [-0.05, 0) is 13.0 Å². The lowest BCUT2D eigenvalue weighted by Crippen LogP contribution is -2.15. The minimum atomic E-state index is -0.303. The Balaban J connectivity index is 2.11. The van der Waals surface area contributed by atoms with E-state index in [4.69, 9.17) is 0 Å². The molecule has 0 saturated carbocycles. The molecule has 2 aromatic rings. The van der Waals surface area contributed by atoms with Gasteiger partial charge in [-0.2, -0.15) is 5.10 Å². The number of nitrogens with zero attached hydrogens (tertiary/aromatic N) is 2. The molecule has 0 aliphatic heterocycles. The summed E-state index contributed by atoms with van der Waals surface area (Å²) in [5, 5.41) is 6.76. The van der Waals surface area contributed by atoms with Gasteiger partial charge in [-0.3, -0.25) is 14.3 Å². The Kier molecular flexibility index (Phi) is 3.04. The number of amides is 1. The number of carbonyl (C=O) groups excluding carboxylic acids is 1.